The lowest BCUT2D eigenvalue weighted by atomic mass is 9.93. The van der Waals surface area contributed by atoms with Crippen molar-refractivity contribution in [2.24, 2.45) is 0 Å². The van der Waals surface area contributed by atoms with Crippen LogP contribution in [0.15, 0.2) is 66.7 Å². The summed E-state index contributed by atoms with van der Waals surface area (Å²) in [6.07, 6.45) is 1.28. The van der Waals surface area contributed by atoms with Crippen LogP contribution in [0, 0.1) is 12.7 Å². The first-order chi connectivity index (χ1) is 19.3. The average Bonchev–Trinajstić information content (AvgIpc) is 3.38. The lowest BCUT2D eigenvalue weighted by Crippen LogP contribution is -2.09. The molecule has 0 aliphatic heterocycles. The monoisotopic (exact) mass is 560 g/mol. The zero-order chi connectivity index (χ0) is 28.4. The first-order valence-corrected chi connectivity index (χ1v) is 13.4. The number of carbonyl (C=O) groups is 1. The van der Waals surface area contributed by atoms with Gasteiger partial charge in [-0.25, -0.2) is 9.18 Å². The number of ether oxygens (including phenoxy) is 2. The smallest absolute Gasteiger partial charge is 0.335 e. The first kappa shape index (κ1) is 27.3. The molecular weight excluding hydrogens is 531 g/mol. The summed E-state index contributed by atoms with van der Waals surface area (Å²) in [7, 11) is 3.38. The van der Waals surface area contributed by atoms with E-state index >= 15 is 4.39 Å². The average molecular weight is 561 g/mol. The Balaban J connectivity index is 1.41. The van der Waals surface area contributed by atoms with Crippen LogP contribution < -0.4 is 20.1 Å². The Hall–Kier alpha value is -4.23. The number of aromatic carboxylic acids is 1. The Bertz CT molecular complexity index is 1590. The van der Waals surface area contributed by atoms with Crippen molar-refractivity contribution in [2.45, 2.75) is 32.4 Å². The fourth-order valence-corrected chi connectivity index (χ4v) is 5.56. The fourth-order valence-electron chi connectivity index (χ4n) is 5.35. The van der Waals surface area contributed by atoms with Gasteiger partial charge < -0.3 is 25.2 Å². The Labute approximate surface area is 237 Å². The third kappa shape index (κ3) is 5.17. The minimum atomic E-state index is -1.04. The van der Waals surface area contributed by atoms with E-state index in [9.17, 15) is 9.90 Å². The van der Waals surface area contributed by atoms with Crippen LogP contribution in [0.2, 0.25) is 5.02 Å². The highest BCUT2D eigenvalue weighted by atomic mass is 35.5. The second-order valence-corrected chi connectivity index (χ2v) is 10.0. The van der Waals surface area contributed by atoms with Crippen LogP contribution in [0.5, 0.6) is 11.5 Å². The number of anilines is 2. The van der Waals surface area contributed by atoms with E-state index in [4.69, 9.17) is 21.1 Å². The largest absolute Gasteiger partial charge is 0.496 e. The van der Waals surface area contributed by atoms with Gasteiger partial charge in [0.05, 0.1) is 18.2 Å². The number of rotatable bonds is 9. The van der Waals surface area contributed by atoms with Crippen LogP contribution in [0.25, 0.3) is 11.1 Å². The van der Waals surface area contributed by atoms with E-state index in [1.807, 2.05) is 19.2 Å². The molecule has 3 N–H and O–H groups in total. The summed E-state index contributed by atoms with van der Waals surface area (Å²) < 4.78 is 27.4. The number of nitrogens with one attached hydrogen (secondary N) is 2. The van der Waals surface area contributed by atoms with Crippen LogP contribution in [-0.2, 0) is 13.0 Å². The molecule has 0 fully saturated rings. The maximum atomic E-state index is 15.6. The molecule has 0 amide bonds. The van der Waals surface area contributed by atoms with E-state index in [0.717, 1.165) is 24.1 Å². The molecule has 1 aliphatic rings. The van der Waals surface area contributed by atoms with Gasteiger partial charge in [-0.05, 0) is 71.8 Å². The van der Waals surface area contributed by atoms with Crippen molar-refractivity contribution in [1.82, 2.24) is 0 Å². The van der Waals surface area contributed by atoms with Crippen molar-refractivity contribution in [2.75, 3.05) is 24.8 Å². The van der Waals surface area contributed by atoms with E-state index < -0.39 is 11.8 Å². The van der Waals surface area contributed by atoms with E-state index in [1.165, 1.54) is 41.5 Å². The number of fused-ring (bicyclic) bond motifs is 1. The summed E-state index contributed by atoms with van der Waals surface area (Å²) >= 11 is 6.49. The van der Waals surface area contributed by atoms with E-state index in [2.05, 4.69) is 41.8 Å². The second-order valence-electron chi connectivity index (χ2n) is 9.67. The summed E-state index contributed by atoms with van der Waals surface area (Å²) in [6.45, 7) is 2.15. The van der Waals surface area contributed by atoms with Crippen LogP contribution in [0.3, 0.4) is 0 Å². The van der Waals surface area contributed by atoms with Gasteiger partial charge in [-0.15, -0.1) is 0 Å². The molecule has 0 spiro atoms. The molecule has 0 radical (unpaired) electrons. The molecule has 0 bridgehead atoms. The Morgan fingerprint density at radius 3 is 2.58 bits per heavy atom. The van der Waals surface area contributed by atoms with Gasteiger partial charge in [0.15, 0.2) is 5.82 Å². The summed E-state index contributed by atoms with van der Waals surface area (Å²) in [5.41, 5.74) is 7.76. The van der Waals surface area contributed by atoms with Crippen molar-refractivity contribution in [1.29, 1.82) is 0 Å². The minimum absolute atomic E-state index is 0.0404. The maximum Gasteiger partial charge on any atom is 0.335 e. The highest BCUT2D eigenvalue weighted by Crippen LogP contribution is 2.44. The lowest BCUT2D eigenvalue weighted by Gasteiger charge is -2.20. The van der Waals surface area contributed by atoms with E-state index in [0.29, 0.717) is 5.69 Å². The van der Waals surface area contributed by atoms with Crippen molar-refractivity contribution in [3.8, 4) is 22.6 Å². The Morgan fingerprint density at radius 1 is 1.07 bits per heavy atom. The van der Waals surface area contributed by atoms with Gasteiger partial charge in [-0.1, -0.05) is 48.0 Å². The summed E-state index contributed by atoms with van der Waals surface area (Å²) in [6, 6.07) is 20.3. The van der Waals surface area contributed by atoms with Gasteiger partial charge in [-0.2, -0.15) is 0 Å². The number of halogens is 2. The molecule has 6 nitrogen and oxygen atoms in total. The summed E-state index contributed by atoms with van der Waals surface area (Å²) in [5.74, 6) is -1.20. The van der Waals surface area contributed by atoms with Gasteiger partial charge >= 0.3 is 5.97 Å². The van der Waals surface area contributed by atoms with Gasteiger partial charge in [0.25, 0.3) is 0 Å². The molecule has 4 aromatic carbocycles. The molecular formula is C32H30ClFN2O4. The number of hydrogen-bond acceptors (Lipinski definition) is 5. The first-order valence-electron chi connectivity index (χ1n) is 13.0. The molecule has 0 heterocycles. The van der Waals surface area contributed by atoms with Crippen LogP contribution in [-0.4, -0.2) is 25.2 Å². The van der Waals surface area contributed by atoms with Crippen molar-refractivity contribution in [3.05, 3.63) is 105 Å². The zero-order valence-corrected chi connectivity index (χ0v) is 23.2. The van der Waals surface area contributed by atoms with Crippen LogP contribution in [0.1, 0.15) is 45.1 Å². The molecule has 4 aromatic rings. The van der Waals surface area contributed by atoms with Crippen molar-refractivity contribution >= 4 is 28.9 Å². The Kier molecular flexibility index (Phi) is 7.85. The molecule has 1 aliphatic carbocycles. The van der Waals surface area contributed by atoms with Crippen LogP contribution in [0.4, 0.5) is 15.8 Å². The number of hydrogen-bond donors (Lipinski definition) is 3. The van der Waals surface area contributed by atoms with E-state index in [-0.39, 0.29) is 40.3 Å². The van der Waals surface area contributed by atoms with Gasteiger partial charge in [-0.3, -0.25) is 0 Å². The minimum Gasteiger partial charge on any atom is -0.496 e. The quantitative estimate of drug-likeness (QED) is 0.193. The SMILES string of the molecule is CNc1cccc(-c2cccc3c2CCC3Oc2cc(OC)c(CNc3cccc(C(=O)O)c3)c(F)c2Cl)c1C. The highest BCUT2D eigenvalue weighted by Gasteiger charge is 2.29. The number of methoxy groups -OCH3 is 1. The molecule has 206 valence electrons. The Morgan fingerprint density at radius 2 is 1.82 bits per heavy atom. The summed E-state index contributed by atoms with van der Waals surface area (Å²) in [4.78, 5) is 11.3. The van der Waals surface area contributed by atoms with Gasteiger partial charge in [0.1, 0.15) is 22.6 Å². The zero-order valence-electron chi connectivity index (χ0n) is 22.5. The third-order valence-corrected chi connectivity index (χ3v) is 7.76. The van der Waals surface area contributed by atoms with Gasteiger partial charge in [0.2, 0.25) is 0 Å². The van der Waals surface area contributed by atoms with E-state index in [1.54, 1.807) is 18.2 Å². The fraction of sp³-hybridized carbons (Fsp3) is 0.219. The molecule has 1 unspecified atom stereocenters. The standard InChI is InChI=1S/C32H30ClFN2O4/c1-18-21(9-6-12-26(18)35-2)22-10-5-11-24-23(22)13-14-27(24)40-29-16-28(39-3)25(31(34)30(29)33)17-36-20-8-4-7-19(15-20)32(37)38/h4-12,15-16,27,35-36H,13-14,17H2,1-3H3,(H,37,38). The second kappa shape index (κ2) is 11.5. The maximum absolute atomic E-state index is 15.6. The predicted octanol–water partition coefficient (Wildman–Crippen LogP) is 7.88. The lowest BCUT2D eigenvalue weighted by molar-refractivity contribution is 0.0697. The van der Waals surface area contributed by atoms with Crippen molar-refractivity contribution < 1.29 is 23.8 Å². The third-order valence-electron chi connectivity index (χ3n) is 7.41. The van der Waals surface area contributed by atoms with Gasteiger partial charge in [0, 0.05) is 31.0 Å². The number of carboxylic acid groups (broad SMARTS) is 1. The molecule has 40 heavy (non-hydrogen) atoms. The highest BCUT2D eigenvalue weighted by molar-refractivity contribution is 6.32. The van der Waals surface area contributed by atoms with Crippen LogP contribution >= 0.6 is 11.6 Å². The molecule has 1 atom stereocenters. The number of carboxylic acids is 1. The normalized spacial score (nSPS) is 14.0. The topological polar surface area (TPSA) is 79.8 Å². The van der Waals surface area contributed by atoms with Crippen molar-refractivity contribution in [3.63, 3.8) is 0 Å². The molecule has 0 aromatic heterocycles. The number of benzene rings is 4. The predicted molar refractivity (Wildman–Crippen MR) is 157 cm³/mol. The molecule has 8 heteroatoms. The molecule has 0 saturated carbocycles. The molecule has 5 rings (SSSR count). The molecule has 0 saturated heterocycles. The summed E-state index contributed by atoms with van der Waals surface area (Å²) in [5, 5.41) is 15.4.